The number of nitrogens with zero attached hydrogens (tertiary/aromatic N) is 1. The molecule has 2 unspecified atom stereocenters. The van der Waals surface area contributed by atoms with Gasteiger partial charge in [0.05, 0.1) is 23.4 Å². The van der Waals surface area contributed by atoms with Crippen LogP contribution < -0.4 is 5.32 Å². The van der Waals surface area contributed by atoms with Gasteiger partial charge in [-0.1, -0.05) is 11.6 Å². The van der Waals surface area contributed by atoms with Gasteiger partial charge in [0.1, 0.15) is 0 Å². The molecule has 0 bridgehead atoms. The maximum absolute atomic E-state index is 11.6. The summed E-state index contributed by atoms with van der Waals surface area (Å²) < 4.78 is 4.74. The number of esters is 1. The lowest BCUT2D eigenvalue weighted by atomic mass is 9.98. The van der Waals surface area contributed by atoms with Gasteiger partial charge in [-0.05, 0) is 45.0 Å². The molecule has 1 aromatic rings. The van der Waals surface area contributed by atoms with Gasteiger partial charge in [-0.2, -0.15) is 0 Å². The molecule has 1 aliphatic heterocycles. The normalized spacial score (nSPS) is 23.4. The molecule has 0 spiro atoms. The first-order valence-electron chi connectivity index (χ1n) is 6.86. The number of hydrogen-bond acceptors (Lipinski definition) is 4. The van der Waals surface area contributed by atoms with Crippen LogP contribution >= 0.6 is 11.6 Å². The van der Waals surface area contributed by atoms with Crippen molar-refractivity contribution in [3.05, 3.63) is 28.8 Å². The van der Waals surface area contributed by atoms with E-state index in [9.17, 15) is 4.79 Å². The predicted octanol–water partition coefficient (Wildman–Crippen LogP) is 3.02. The van der Waals surface area contributed by atoms with Gasteiger partial charge in [0.15, 0.2) is 0 Å². The molecular formula is C15H21ClN2O2. The average Bonchev–Trinajstić information content (AvgIpc) is 2.44. The lowest BCUT2D eigenvalue weighted by Gasteiger charge is -2.36. The van der Waals surface area contributed by atoms with Crippen LogP contribution in [0.3, 0.4) is 0 Å². The highest BCUT2D eigenvalue weighted by atomic mass is 35.5. The number of piperidine rings is 1. The molecule has 0 aliphatic carbocycles. The Kier molecular flexibility index (Phi) is 4.89. The monoisotopic (exact) mass is 296 g/mol. The van der Waals surface area contributed by atoms with Crippen LogP contribution in [0.15, 0.2) is 18.2 Å². The number of hydrogen-bond donors (Lipinski definition) is 1. The summed E-state index contributed by atoms with van der Waals surface area (Å²) >= 11 is 6.20. The standard InChI is InChI=1S/C15H21ClN2O2/c1-10-8-12(6-7-18(10)2)17-14-9-11(15(19)20-3)4-5-13(14)16/h4-5,9-10,12,17H,6-8H2,1-3H3. The Labute approximate surface area is 125 Å². The minimum absolute atomic E-state index is 0.346. The molecule has 1 heterocycles. The fourth-order valence-corrected chi connectivity index (χ4v) is 2.69. The molecule has 2 rings (SSSR count). The molecule has 5 heteroatoms. The second-order valence-corrected chi connectivity index (χ2v) is 5.79. The van der Waals surface area contributed by atoms with Gasteiger partial charge in [0, 0.05) is 18.6 Å². The molecule has 1 saturated heterocycles. The quantitative estimate of drug-likeness (QED) is 0.871. The Morgan fingerprint density at radius 3 is 2.90 bits per heavy atom. The zero-order valence-corrected chi connectivity index (χ0v) is 12.9. The molecule has 2 atom stereocenters. The maximum atomic E-state index is 11.6. The summed E-state index contributed by atoms with van der Waals surface area (Å²) in [5.74, 6) is -0.346. The third kappa shape index (κ3) is 3.44. The van der Waals surface area contributed by atoms with E-state index in [1.54, 1.807) is 18.2 Å². The molecule has 1 aromatic carbocycles. The van der Waals surface area contributed by atoms with Crippen molar-refractivity contribution in [2.24, 2.45) is 0 Å². The zero-order valence-electron chi connectivity index (χ0n) is 12.1. The van der Waals surface area contributed by atoms with E-state index in [4.69, 9.17) is 16.3 Å². The molecule has 110 valence electrons. The molecular weight excluding hydrogens is 276 g/mol. The van der Waals surface area contributed by atoms with Crippen LogP contribution in [0.4, 0.5) is 5.69 Å². The van der Waals surface area contributed by atoms with Gasteiger partial charge < -0.3 is 15.0 Å². The molecule has 1 fully saturated rings. The van der Waals surface area contributed by atoms with E-state index in [1.165, 1.54) is 7.11 Å². The first-order valence-corrected chi connectivity index (χ1v) is 7.23. The number of methoxy groups -OCH3 is 1. The molecule has 20 heavy (non-hydrogen) atoms. The molecule has 0 amide bonds. The van der Waals surface area contributed by atoms with E-state index in [0.717, 1.165) is 25.1 Å². The number of anilines is 1. The Balaban J connectivity index is 2.10. The highest BCUT2D eigenvalue weighted by Crippen LogP contribution is 2.27. The van der Waals surface area contributed by atoms with Crippen molar-refractivity contribution < 1.29 is 9.53 Å². The van der Waals surface area contributed by atoms with Gasteiger partial charge in [-0.3, -0.25) is 0 Å². The zero-order chi connectivity index (χ0) is 14.7. The number of ether oxygens (including phenoxy) is 1. The van der Waals surface area contributed by atoms with Crippen LogP contribution in [0.25, 0.3) is 0 Å². The van der Waals surface area contributed by atoms with E-state index in [0.29, 0.717) is 22.7 Å². The lowest BCUT2D eigenvalue weighted by Crippen LogP contribution is -2.42. The number of carbonyl (C=O) groups is 1. The van der Waals surface area contributed by atoms with Crippen molar-refractivity contribution in [2.45, 2.75) is 31.8 Å². The van der Waals surface area contributed by atoms with Crippen LogP contribution in [0, 0.1) is 0 Å². The molecule has 1 aliphatic rings. The predicted molar refractivity (Wildman–Crippen MR) is 81.5 cm³/mol. The smallest absolute Gasteiger partial charge is 0.337 e. The number of halogens is 1. The van der Waals surface area contributed by atoms with Gasteiger partial charge in [0.2, 0.25) is 0 Å². The largest absolute Gasteiger partial charge is 0.465 e. The SMILES string of the molecule is COC(=O)c1ccc(Cl)c(NC2CCN(C)C(C)C2)c1. The van der Waals surface area contributed by atoms with E-state index >= 15 is 0 Å². The van der Waals surface area contributed by atoms with Crippen molar-refractivity contribution in [3.8, 4) is 0 Å². The summed E-state index contributed by atoms with van der Waals surface area (Å²) in [5, 5.41) is 4.08. The maximum Gasteiger partial charge on any atom is 0.337 e. The first-order chi connectivity index (χ1) is 9.51. The summed E-state index contributed by atoms with van der Waals surface area (Å²) in [5.41, 5.74) is 1.32. The van der Waals surface area contributed by atoms with Crippen molar-refractivity contribution in [3.63, 3.8) is 0 Å². The molecule has 0 saturated carbocycles. The van der Waals surface area contributed by atoms with Crippen LogP contribution in [0.2, 0.25) is 5.02 Å². The second-order valence-electron chi connectivity index (χ2n) is 5.38. The van der Waals surface area contributed by atoms with Crippen LogP contribution in [-0.2, 0) is 4.74 Å². The Hall–Kier alpha value is -1.26. The Morgan fingerprint density at radius 2 is 2.25 bits per heavy atom. The van der Waals surface area contributed by atoms with E-state index in [2.05, 4.69) is 24.2 Å². The van der Waals surface area contributed by atoms with Gasteiger partial charge >= 0.3 is 5.97 Å². The number of likely N-dealkylation sites (tertiary alicyclic amines) is 1. The minimum Gasteiger partial charge on any atom is -0.465 e. The van der Waals surface area contributed by atoms with Gasteiger partial charge in [0.25, 0.3) is 0 Å². The molecule has 1 N–H and O–H groups in total. The van der Waals surface area contributed by atoms with E-state index in [1.807, 2.05) is 0 Å². The van der Waals surface area contributed by atoms with Crippen molar-refractivity contribution in [2.75, 3.05) is 26.0 Å². The first kappa shape index (κ1) is 15.1. The summed E-state index contributed by atoms with van der Waals surface area (Å²) in [6.07, 6.45) is 2.13. The third-order valence-electron chi connectivity index (χ3n) is 3.96. The topological polar surface area (TPSA) is 41.6 Å². The van der Waals surface area contributed by atoms with Crippen LogP contribution in [0.1, 0.15) is 30.1 Å². The molecule has 0 aromatic heterocycles. The van der Waals surface area contributed by atoms with E-state index in [-0.39, 0.29) is 5.97 Å². The Morgan fingerprint density at radius 1 is 1.50 bits per heavy atom. The molecule has 4 nitrogen and oxygen atoms in total. The number of rotatable bonds is 3. The van der Waals surface area contributed by atoms with Crippen LogP contribution in [-0.4, -0.2) is 43.7 Å². The van der Waals surface area contributed by atoms with Gasteiger partial charge in [-0.25, -0.2) is 4.79 Å². The van der Waals surface area contributed by atoms with Crippen molar-refractivity contribution in [1.29, 1.82) is 0 Å². The summed E-state index contributed by atoms with van der Waals surface area (Å²) in [6, 6.07) is 6.10. The fourth-order valence-electron chi connectivity index (χ4n) is 2.52. The van der Waals surface area contributed by atoms with E-state index < -0.39 is 0 Å². The van der Waals surface area contributed by atoms with Crippen molar-refractivity contribution >= 4 is 23.3 Å². The van der Waals surface area contributed by atoms with Crippen LogP contribution in [0.5, 0.6) is 0 Å². The average molecular weight is 297 g/mol. The summed E-state index contributed by atoms with van der Waals surface area (Å²) in [6.45, 7) is 3.29. The number of carbonyl (C=O) groups excluding carboxylic acids is 1. The third-order valence-corrected chi connectivity index (χ3v) is 4.29. The number of benzene rings is 1. The highest BCUT2D eigenvalue weighted by molar-refractivity contribution is 6.33. The summed E-state index contributed by atoms with van der Waals surface area (Å²) in [7, 11) is 3.52. The minimum atomic E-state index is -0.346. The Bertz CT molecular complexity index is 493. The fraction of sp³-hybridized carbons (Fsp3) is 0.533. The highest BCUT2D eigenvalue weighted by Gasteiger charge is 2.23. The lowest BCUT2D eigenvalue weighted by molar-refractivity contribution is 0.0601. The van der Waals surface area contributed by atoms with Crippen molar-refractivity contribution in [1.82, 2.24) is 4.90 Å². The molecule has 0 radical (unpaired) electrons. The number of nitrogens with one attached hydrogen (secondary N) is 1. The second kappa shape index (κ2) is 6.46. The van der Waals surface area contributed by atoms with Gasteiger partial charge in [-0.15, -0.1) is 0 Å². The summed E-state index contributed by atoms with van der Waals surface area (Å²) in [4.78, 5) is 13.9.